The van der Waals surface area contributed by atoms with Gasteiger partial charge in [-0.05, 0) is 65.6 Å². The fourth-order valence-electron chi connectivity index (χ4n) is 3.58. The van der Waals surface area contributed by atoms with Crippen molar-refractivity contribution in [3.05, 3.63) is 100.0 Å². The number of pyridine rings is 1. The largest absolute Gasteiger partial charge is 0.497 e. The standard InChI is InChI=1S/C29H26N4O4/c1-29(2,3)20-8-12-23(13-9-20)37-27-24(28(35)33-16-6-5-7-25(33)32-27)17-19(18-30)26(34)31-21-10-14-22(36-4)15-11-21/h5-17H,1-4H3,(H,31,34). The zero-order chi connectivity index (χ0) is 26.6. The Morgan fingerprint density at radius 2 is 1.70 bits per heavy atom. The fourth-order valence-corrected chi connectivity index (χ4v) is 3.58. The summed E-state index contributed by atoms with van der Waals surface area (Å²) in [6, 6.07) is 21.1. The quantitative estimate of drug-likeness (QED) is 0.287. The van der Waals surface area contributed by atoms with Gasteiger partial charge in [0.15, 0.2) is 0 Å². The number of rotatable bonds is 6. The number of ether oxygens (including phenoxy) is 2. The third kappa shape index (κ3) is 5.68. The topological polar surface area (TPSA) is 106 Å². The first-order valence-electron chi connectivity index (χ1n) is 11.6. The molecule has 0 aliphatic rings. The molecule has 0 aliphatic carbocycles. The Hall–Kier alpha value is -4.90. The van der Waals surface area contributed by atoms with E-state index in [1.165, 1.54) is 10.5 Å². The Morgan fingerprint density at radius 3 is 2.32 bits per heavy atom. The molecule has 0 radical (unpaired) electrons. The van der Waals surface area contributed by atoms with Gasteiger partial charge in [0.25, 0.3) is 11.5 Å². The summed E-state index contributed by atoms with van der Waals surface area (Å²) >= 11 is 0. The number of benzene rings is 2. The number of nitrogens with zero attached hydrogens (tertiary/aromatic N) is 3. The normalized spacial score (nSPS) is 11.6. The van der Waals surface area contributed by atoms with Crippen LogP contribution in [0.3, 0.4) is 0 Å². The molecule has 1 amide bonds. The first kappa shape index (κ1) is 25.2. The van der Waals surface area contributed by atoms with E-state index in [1.807, 2.05) is 18.2 Å². The van der Waals surface area contributed by atoms with Crippen LogP contribution in [0.15, 0.2) is 83.3 Å². The number of amides is 1. The molecule has 2 heterocycles. The first-order chi connectivity index (χ1) is 17.7. The molecule has 8 heteroatoms. The van der Waals surface area contributed by atoms with Crippen LogP contribution < -0.4 is 20.3 Å². The summed E-state index contributed by atoms with van der Waals surface area (Å²) in [6.45, 7) is 6.33. The Morgan fingerprint density at radius 1 is 1.03 bits per heavy atom. The maximum absolute atomic E-state index is 13.4. The van der Waals surface area contributed by atoms with E-state index >= 15 is 0 Å². The molecule has 4 aromatic rings. The van der Waals surface area contributed by atoms with Crippen molar-refractivity contribution in [2.75, 3.05) is 12.4 Å². The molecule has 0 unspecified atom stereocenters. The zero-order valence-corrected chi connectivity index (χ0v) is 21.0. The monoisotopic (exact) mass is 494 g/mol. The van der Waals surface area contributed by atoms with Crippen molar-refractivity contribution in [2.24, 2.45) is 0 Å². The van der Waals surface area contributed by atoms with Crippen molar-refractivity contribution in [3.63, 3.8) is 0 Å². The highest BCUT2D eigenvalue weighted by molar-refractivity contribution is 6.09. The van der Waals surface area contributed by atoms with Crippen LogP contribution in [-0.4, -0.2) is 22.4 Å². The number of anilines is 1. The summed E-state index contributed by atoms with van der Waals surface area (Å²) in [5.41, 5.74) is 1.14. The molecule has 0 bridgehead atoms. The SMILES string of the molecule is COc1ccc(NC(=O)C(C#N)=Cc2c(Oc3ccc(C(C)(C)C)cc3)nc3ccccn3c2=O)cc1. The van der Waals surface area contributed by atoms with Crippen LogP contribution in [0.4, 0.5) is 5.69 Å². The zero-order valence-electron chi connectivity index (χ0n) is 21.0. The van der Waals surface area contributed by atoms with E-state index in [4.69, 9.17) is 9.47 Å². The summed E-state index contributed by atoms with van der Waals surface area (Å²) in [6.07, 6.45) is 2.76. The molecule has 186 valence electrons. The summed E-state index contributed by atoms with van der Waals surface area (Å²) in [5.74, 6) is 0.410. The van der Waals surface area contributed by atoms with Gasteiger partial charge in [-0.15, -0.1) is 0 Å². The van der Waals surface area contributed by atoms with Crippen molar-refractivity contribution in [1.29, 1.82) is 5.26 Å². The molecule has 0 spiro atoms. The van der Waals surface area contributed by atoms with Crippen LogP contribution in [0.25, 0.3) is 11.7 Å². The van der Waals surface area contributed by atoms with Gasteiger partial charge in [0.05, 0.1) is 7.11 Å². The van der Waals surface area contributed by atoms with Crippen LogP contribution in [0.5, 0.6) is 17.4 Å². The molecular weight excluding hydrogens is 468 g/mol. The van der Waals surface area contributed by atoms with E-state index < -0.39 is 11.5 Å². The highest BCUT2D eigenvalue weighted by Gasteiger charge is 2.18. The average Bonchev–Trinajstić information content (AvgIpc) is 2.89. The van der Waals surface area contributed by atoms with Gasteiger partial charge in [0.1, 0.15) is 34.4 Å². The van der Waals surface area contributed by atoms with Crippen LogP contribution in [0, 0.1) is 11.3 Å². The van der Waals surface area contributed by atoms with Crippen LogP contribution in [0.2, 0.25) is 0 Å². The lowest BCUT2D eigenvalue weighted by atomic mass is 9.87. The summed E-state index contributed by atoms with van der Waals surface area (Å²) in [4.78, 5) is 30.7. The lowest BCUT2D eigenvalue weighted by Crippen LogP contribution is -2.20. The second kappa shape index (κ2) is 10.4. The van der Waals surface area contributed by atoms with Crippen molar-refractivity contribution in [2.45, 2.75) is 26.2 Å². The van der Waals surface area contributed by atoms with Crippen LogP contribution in [0.1, 0.15) is 31.9 Å². The van der Waals surface area contributed by atoms with Gasteiger partial charge in [0.2, 0.25) is 5.88 Å². The van der Waals surface area contributed by atoms with Gasteiger partial charge in [-0.25, -0.2) is 0 Å². The van der Waals surface area contributed by atoms with E-state index in [-0.39, 0.29) is 22.4 Å². The predicted molar refractivity (Wildman–Crippen MR) is 142 cm³/mol. The van der Waals surface area contributed by atoms with Gasteiger partial charge in [-0.2, -0.15) is 10.2 Å². The smallest absolute Gasteiger partial charge is 0.269 e. The maximum Gasteiger partial charge on any atom is 0.269 e. The molecule has 0 saturated heterocycles. The van der Waals surface area contributed by atoms with E-state index in [2.05, 4.69) is 31.1 Å². The summed E-state index contributed by atoms with van der Waals surface area (Å²) < 4.78 is 12.5. The number of hydrogen-bond donors (Lipinski definition) is 1. The van der Waals surface area contributed by atoms with Crippen molar-refractivity contribution in [3.8, 4) is 23.4 Å². The van der Waals surface area contributed by atoms with E-state index in [9.17, 15) is 14.9 Å². The predicted octanol–water partition coefficient (Wildman–Crippen LogP) is 5.34. The molecule has 37 heavy (non-hydrogen) atoms. The Balaban J connectivity index is 1.74. The lowest BCUT2D eigenvalue weighted by molar-refractivity contribution is -0.112. The lowest BCUT2D eigenvalue weighted by Gasteiger charge is -2.19. The molecule has 1 N–H and O–H groups in total. The molecular formula is C29H26N4O4. The highest BCUT2D eigenvalue weighted by atomic mass is 16.5. The van der Waals surface area contributed by atoms with Crippen molar-refractivity contribution in [1.82, 2.24) is 9.38 Å². The van der Waals surface area contributed by atoms with E-state index in [1.54, 1.807) is 67.9 Å². The third-order valence-electron chi connectivity index (χ3n) is 5.67. The van der Waals surface area contributed by atoms with Crippen molar-refractivity contribution >= 4 is 23.3 Å². The Kier molecular flexibility index (Phi) is 7.07. The minimum Gasteiger partial charge on any atom is -0.497 e. The van der Waals surface area contributed by atoms with E-state index in [0.717, 1.165) is 5.56 Å². The number of nitrogens with one attached hydrogen (secondary N) is 1. The molecule has 0 fully saturated rings. The molecule has 0 aliphatic heterocycles. The number of nitriles is 1. The molecule has 0 saturated carbocycles. The molecule has 0 atom stereocenters. The second-order valence-electron chi connectivity index (χ2n) is 9.29. The van der Waals surface area contributed by atoms with Crippen LogP contribution >= 0.6 is 0 Å². The van der Waals surface area contributed by atoms with Gasteiger partial charge in [0, 0.05) is 11.9 Å². The van der Waals surface area contributed by atoms with Crippen molar-refractivity contribution < 1.29 is 14.3 Å². The second-order valence-corrected chi connectivity index (χ2v) is 9.29. The highest BCUT2D eigenvalue weighted by Crippen LogP contribution is 2.28. The number of hydrogen-bond acceptors (Lipinski definition) is 6. The number of methoxy groups -OCH3 is 1. The first-order valence-corrected chi connectivity index (χ1v) is 11.6. The maximum atomic E-state index is 13.4. The fraction of sp³-hybridized carbons (Fsp3) is 0.172. The number of fused-ring (bicyclic) bond motifs is 1. The third-order valence-corrected chi connectivity index (χ3v) is 5.67. The Labute approximate surface area is 214 Å². The van der Waals surface area contributed by atoms with E-state index in [0.29, 0.717) is 22.8 Å². The summed E-state index contributed by atoms with van der Waals surface area (Å²) in [7, 11) is 1.54. The number of aromatic nitrogens is 2. The number of carbonyl (C=O) groups excluding carboxylic acids is 1. The summed E-state index contributed by atoms with van der Waals surface area (Å²) in [5, 5.41) is 12.4. The molecule has 2 aromatic carbocycles. The van der Waals surface area contributed by atoms with Gasteiger partial charge in [-0.1, -0.05) is 39.0 Å². The van der Waals surface area contributed by atoms with Gasteiger partial charge in [-0.3, -0.25) is 14.0 Å². The average molecular weight is 495 g/mol. The van der Waals surface area contributed by atoms with Gasteiger partial charge < -0.3 is 14.8 Å². The van der Waals surface area contributed by atoms with Crippen LogP contribution in [-0.2, 0) is 10.2 Å². The van der Waals surface area contributed by atoms with Gasteiger partial charge >= 0.3 is 0 Å². The molecule has 4 rings (SSSR count). The number of carbonyl (C=O) groups is 1. The Bertz CT molecular complexity index is 1570. The minimum atomic E-state index is -0.675. The molecule has 2 aromatic heterocycles. The minimum absolute atomic E-state index is 0.00953. The molecule has 8 nitrogen and oxygen atoms in total.